The van der Waals surface area contributed by atoms with Crippen molar-refractivity contribution in [2.75, 3.05) is 20.3 Å². The average molecular weight is 387 g/mol. The van der Waals surface area contributed by atoms with E-state index in [2.05, 4.69) is 33.5 Å². The maximum atomic E-state index is 5.54. The number of methoxy groups -OCH3 is 1. The number of rotatable bonds is 8. The number of hydrogen-bond acceptors (Lipinski definition) is 5. The van der Waals surface area contributed by atoms with Crippen molar-refractivity contribution >= 4 is 17.3 Å². The first-order valence-corrected chi connectivity index (χ1v) is 9.57. The third-order valence-corrected chi connectivity index (χ3v) is 4.86. The first-order valence-electron chi connectivity index (χ1n) is 8.75. The molecule has 0 amide bonds. The molecule has 0 atom stereocenters. The fraction of sp³-hybridized carbons (Fsp3) is 0.400. The van der Waals surface area contributed by atoms with E-state index in [0.29, 0.717) is 24.6 Å². The molecule has 0 radical (unpaired) electrons. The summed E-state index contributed by atoms with van der Waals surface area (Å²) in [4.78, 5) is 10.4. The van der Waals surface area contributed by atoms with Crippen LogP contribution in [0, 0.1) is 26.2 Å². The number of aryl methyl sites for hydroxylation is 2. The molecule has 0 aliphatic rings. The van der Waals surface area contributed by atoms with Crippen LogP contribution in [-0.2, 0) is 13.1 Å². The molecule has 0 bridgehead atoms. The monoisotopic (exact) mass is 386 g/mol. The van der Waals surface area contributed by atoms with Crippen LogP contribution in [0.1, 0.15) is 28.1 Å². The predicted octanol–water partition coefficient (Wildman–Crippen LogP) is 3.04. The van der Waals surface area contributed by atoms with Gasteiger partial charge in [0, 0.05) is 11.4 Å². The van der Waals surface area contributed by atoms with Crippen molar-refractivity contribution in [3.63, 3.8) is 0 Å². The standard InChI is InChI=1S/C20H26N4O2S/c1-6-10-26-18-11-16(8-9-17(18)25-5)12-22-20(21-7-2)23-13-19-24-14(3)15(4)27-19/h1,8-9,11H,7,10,12-13H2,2-5H3,(H2,21,22,23). The molecule has 0 saturated heterocycles. The molecule has 1 aromatic heterocycles. The Hall–Kier alpha value is -2.72. The van der Waals surface area contributed by atoms with Gasteiger partial charge in [-0.05, 0) is 38.5 Å². The molecule has 2 aromatic rings. The van der Waals surface area contributed by atoms with Crippen LogP contribution in [0.3, 0.4) is 0 Å². The van der Waals surface area contributed by atoms with Gasteiger partial charge in [-0.1, -0.05) is 12.0 Å². The van der Waals surface area contributed by atoms with Gasteiger partial charge in [0.25, 0.3) is 0 Å². The second kappa shape index (κ2) is 10.4. The van der Waals surface area contributed by atoms with Crippen molar-refractivity contribution in [3.05, 3.63) is 39.3 Å². The van der Waals surface area contributed by atoms with Crippen LogP contribution >= 0.6 is 11.3 Å². The highest BCUT2D eigenvalue weighted by Crippen LogP contribution is 2.28. The first-order chi connectivity index (χ1) is 13.1. The summed E-state index contributed by atoms with van der Waals surface area (Å²) in [6.45, 7) is 8.26. The van der Waals surface area contributed by atoms with E-state index >= 15 is 0 Å². The van der Waals surface area contributed by atoms with E-state index in [1.54, 1.807) is 18.4 Å². The first kappa shape index (κ1) is 20.6. The summed E-state index contributed by atoms with van der Waals surface area (Å²) < 4.78 is 10.8. The molecule has 0 saturated carbocycles. The van der Waals surface area contributed by atoms with E-state index in [9.17, 15) is 0 Å². The Morgan fingerprint density at radius 3 is 2.74 bits per heavy atom. The largest absolute Gasteiger partial charge is 0.493 e. The molecule has 0 aliphatic carbocycles. The van der Waals surface area contributed by atoms with Crippen molar-refractivity contribution in [3.8, 4) is 23.8 Å². The Bertz CT molecular complexity index is 804. The summed E-state index contributed by atoms with van der Waals surface area (Å²) in [6, 6.07) is 5.72. The minimum atomic E-state index is 0.194. The molecule has 7 heteroatoms. The number of terminal acetylenes is 1. The summed E-state index contributed by atoms with van der Waals surface area (Å²) in [5, 5.41) is 7.62. The Balaban J connectivity index is 2.05. The summed E-state index contributed by atoms with van der Waals surface area (Å²) >= 11 is 1.70. The van der Waals surface area contributed by atoms with Crippen LogP contribution in [-0.4, -0.2) is 31.2 Å². The number of hydrogen-bond donors (Lipinski definition) is 2. The van der Waals surface area contributed by atoms with E-state index in [1.165, 1.54) is 4.88 Å². The van der Waals surface area contributed by atoms with Gasteiger partial charge in [0.1, 0.15) is 11.6 Å². The molecule has 0 aliphatic heterocycles. The van der Waals surface area contributed by atoms with Gasteiger partial charge in [0.05, 0.1) is 25.9 Å². The number of benzene rings is 1. The lowest BCUT2D eigenvalue weighted by Crippen LogP contribution is -2.36. The van der Waals surface area contributed by atoms with E-state index in [-0.39, 0.29) is 6.61 Å². The van der Waals surface area contributed by atoms with Gasteiger partial charge in [-0.15, -0.1) is 17.8 Å². The lowest BCUT2D eigenvalue weighted by atomic mass is 10.2. The summed E-state index contributed by atoms with van der Waals surface area (Å²) in [5.74, 6) is 4.47. The van der Waals surface area contributed by atoms with E-state index in [1.807, 2.05) is 32.0 Å². The predicted molar refractivity (Wildman–Crippen MR) is 111 cm³/mol. The van der Waals surface area contributed by atoms with Crippen molar-refractivity contribution < 1.29 is 9.47 Å². The lowest BCUT2D eigenvalue weighted by molar-refractivity contribution is 0.330. The van der Waals surface area contributed by atoms with Gasteiger partial charge < -0.3 is 20.1 Å². The highest BCUT2D eigenvalue weighted by Gasteiger charge is 2.07. The van der Waals surface area contributed by atoms with Crippen LogP contribution in [0.25, 0.3) is 0 Å². The molecule has 6 nitrogen and oxygen atoms in total. The Labute approximate surface area is 165 Å². The van der Waals surface area contributed by atoms with Gasteiger partial charge in [-0.3, -0.25) is 0 Å². The summed E-state index contributed by atoms with van der Waals surface area (Å²) in [5.41, 5.74) is 2.08. The molecule has 2 rings (SSSR count). The fourth-order valence-electron chi connectivity index (χ4n) is 2.34. The molecular weight excluding hydrogens is 360 g/mol. The molecule has 0 unspecified atom stereocenters. The fourth-order valence-corrected chi connectivity index (χ4v) is 3.21. The van der Waals surface area contributed by atoms with Gasteiger partial charge in [0.15, 0.2) is 17.5 Å². The quantitative estimate of drug-likeness (QED) is 0.415. The van der Waals surface area contributed by atoms with Crippen LogP contribution in [0.5, 0.6) is 11.5 Å². The second-order valence-corrected chi connectivity index (χ2v) is 7.06. The van der Waals surface area contributed by atoms with Crippen LogP contribution in [0.4, 0.5) is 0 Å². The molecule has 144 valence electrons. The second-order valence-electron chi connectivity index (χ2n) is 5.78. The highest BCUT2D eigenvalue weighted by molar-refractivity contribution is 7.11. The van der Waals surface area contributed by atoms with Crippen LogP contribution in [0.2, 0.25) is 0 Å². The van der Waals surface area contributed by atoms with Gasteiger partial charge in [0.2, 0.25) is 0 Å². The smallest absolute Gasteiger partial charge is 0.191 e. The number of ether oxygens (including phenoxy) is 2. The van der Waals surface area contributed by atoms with Crippen LogP contribution in [0.15, 0.2) is 23.2 Å². The minimum Gasteiger partial charge on any atom is -0.493 e. The van der Waals surface area contributed by atoms with E-state index < -0.39 is 0 Å². The zero-order chi connectivity index (χ0) is 19.6. The average Bonchev–Trinajstić information content (AvgIpc) is 3.00. The minimum absolute atomic E-state index is 0.194. The van der Waals surface area contributed by atoms with Crippen LogP contribution < -0.4 is 20.1 Å². The normalized spacial score (nSPS) is 11.0. The lowest BCUT2D eigenvalue weighted by Gasteiger charge is -2.12. The van der Waals surface area contributed by atoms with E-state index in [4.69, 9.17) is 15.9 Å². The molecule has 0 spiro atoms. The van der Waals surface area contributed by atoms with Crippen molar-refractivity contribution in [1.29, 1.82) is 0 Å². The highest BCUT2D eigenvalue weighted by atomic mass is 32.1. The summed E-state index contributed by atoms with van der Waals surface area (Å²) in [6.07, 6.45) is 5.27. The molecular formula is C20H26N4O2S. The van der Waals surface area contributed by atoms with E-state index in [0.717, 1.165) is 28.8 Å². The van der Waals surface area contributed by atoms with Gasteiger partial charge >= 0.3 is 0 Å². The zero-order valence-corrected chi connectivity index (χ0v) is 17.1. The van der Waals surface area contributed by atoms with Gasteiger partial charge in [-0.2, -0.15) is 0 Å². The SMILES string of the molecule is C#CCOc1cc(CN=C(NCC)NCc2nc(C)c(C)s2)ccc1OC. The Morgan fingerprint density at radius 2 is 2.11 bits per heavy atom. The number of nitrogens with zero attached hydrogens (tertiary/aromatic N) is 2. The maximum absolute atomic E-state index is 5.54. The number of nitrogens with one attached hydrogen (secondary N) is 2. The van der Waals surface area contributed by atoms with Crippen molar-refractivity contribution in [2.45, 2.75) is 33.9 Å². The van der Waals surface area contributed by atoms with Crippen molar-refractivity contribution in [2.24, 2.45) is 4.99 Å². The third kappa shape index (κ3) is 6.19. The molecule has 1 aromatic carbocycles. The Morgan fingerprint density at radius 1 is 1.30 bits per heavy atom. The molecule has 2 N–H and O–H groups in total. The topological polar surface area (TPSA) is 67.8 Å². The number of aromatic nitrogens is 1. The third-order valence-electron chi connectivity index (χ3n) is 3.78. The van der Waals surface area contributed by atoms with Crippen molar-refractivity contribution in [1.82, 2.24) is 15.6 Å². The number of aliphatic imine (C=N–C) groups is 1. The molecule has 0 fully saturated rings. The van der Waals surface area contributed by atoms with Gasteiger partial charge in [-0.25, -0.2) is 9.98 Å². The zero-order valence-electron chi connectivity index (χ0n) is 16.3. The number of thiazole rings is 1. The Kier molecular flexibility index (Phi) is 7.96. The number of guanidine groups is 1. The maximum Gasteiger partial charge on any atom is 0.191 e. The molecule has 27 heavy (non-hydrogen) atoms. The summed E-state index contributed by atoms with van der Waals surface area (Å²) in [7, 11) is 1.60. The molecule has 1 heterocycles.